The van der Waals surface area contributed by atoms with Crippen molar-refractivity contribution in [3.63, 3.8) is 0 Å². The zero-order valence-corrected chi connectivity index (χ0v) is 13.8. The number of halogens is 3. The molecule has 1 fully saturated rings. The number of hydrogen-bond acceptors (Lipinski definition) is 2. The number of carbonyl (C=O) groups is 1. The van der Waals surface area contributed by atoms with Crippen molar-refractivity contribution in [1.82, 2.24) is 5.32 Å². The minimum Gasteiger partial charge on any atom is -0.351 e. The third-order valence-corrected chi connectivity index (χ3v) is 5.64. The average Bonchev–Trinajstić information content (AvgIpc) is 2.95. The highest BCUT2D eigenvalue weighted by molar-refractivity contribution is 9.12. The molecule has 0 aliphatic heterocycles. The third kappa shape index (κ3) is 3.46. The summed E-state index contributed by atoms with van der Waals surface area (Å²) in [6, 6.07) is 1.84. The number of alkyl halides is 1. The Morgan fingerprint density at radius 2 is 2.24 bits per heavy atom. The van der Waals surface area contributed by atoms with E-state index in [4.69, 9.17) is 11.6 Å². The zero-order valence-electron chi connectivity index (χ0n) is 9.06. The molecule has 6 heteroatoms. The normalized spacial score (nSPS) is 16.9. The molecule has 0 saturated heterocycles. The van der Waals surface area contributed by atoms with Crippen LogP contribution in [0.3, 0.4) is 0 Å². The topological polar surface area (TPSA) is 29.1 Å². The molecule has 94 valence electrons. The molecule has 0 radical (unpaired) electrons. The lowest BCUT2D eigenvalue weighted by Gasteiger charge is -2.14. The molecular formula is C11H12Br2ClNOS. The highest BCUT2D eigenvalue weighted by Crippen LogP contribution is 2.48. The van der Waals surface area contributed by atoms with Gasteiger partial charge in [0.25, 0.3) is 5.91 Å². The lowest BCUT2D eigenvalue weighted by atomic mass is 10.0. The molecule has 0 aromatic carbocycles. The fourth-order valence-corrected chi connectivity index (χ4v) is 4.94. The molecular weight excluding hydrogens is 389 g/mol. The van der Waals surface area contributed by atoms with Gasteiger partial charge in [-0.3, -0.25) is 4.79 Å². The average molecular weight is 402 g/mol. The monoisotopic (exact) mass is 399 g/mol. The molecule has 2 rings (SSSR count). The molecule has 2 nitrogen and oxygen atoms in total. The Morgan fingerprint density at radius 1 is 1.53 bits per heavy atom. The summed E-state index contributed by atoms with van der Waals surface area (Å²) in [6.45, 7) is 0.735. The highest BCUT2D eigenvalue weighted by Gasteiger charge is 2.41. The number of nitrogens with one attached hydrogen (secondary N) is 1. The summed E-state index contributed by atoms with van der Waals surface area (Å²) in [5.41, 5.74) is 0.973. The maximum atomic E-state index is 12.0. The van der Waals surface area contributed by atoms with E-state index in [9.17, 15) is 4.79 Å². The third-order valence-electron chi connectivity index (χ3n) is 3.11. The number of hydrogen-bond donors (Lipinski definition) is 1. The van der Waals surface area contributed by atoms with Gasteiger partial charge in [-0.1, -0.05) is 0 Å². The summed E-state index contributed by atoms with van der Waals surface area (Å²) in [5.74, 6) is 0.656. The predicted molar refractivity (Wildman–Crippen MR) is 79.1 cm³/mol. The van der Waals surface area contributed by atoms with Gasteiger partial charge < -0.3 is 5.32 Å². The lowest BCUT2D eigenvalue weighted by molar-refractivity contribution is 0.0944. The van der Waals surface area contributed by atoms with E-state index in [0.717, 1.165) is 20.5 Å². The van der Waals surface area contributed by atoms with E-state index < -0.39 is 0 Å². The Labute approximate surface area is 126 Å². The SMILES string of the molecule is O=C(NCC1(CCCl)CC1)c1cc(Br)sc1Br. The number of thiophene rings is 1. The van der Waals surface area contributed by atoms with Crippen LogP contribution in [0, 0.1) is 5.41 Å². The van der Waals surface area contributed by atoms with E-state index in [1.54, 1.807) is 0 Å². The Bertz CT molecular complexity index is 431. The second-order valence-corrected chi connectivity index (χ2v) is 8.49. The van der Waals surface area contributed by atoms with Gasteiger partial charge in [0, 0.05) is 12.4 Å². The molecule has 1 aliphatic rings. The van der Waals surface area contributed by atoms with E-state index >= 15 is 0 Å². The number of carbonyl (C=O) groups excluding carboxylic acids is 1. The first-order chi connectivity index (χ1) is 8.06. The van der Waals surface area contributed by atoms with Gasteiger partial charge in [0.1, 0.15) is 0 Å². The first-order valence-electron chi connectivity index (χ1n) is 5.35. The number of amides is 1. The zero-order chi connectivity index (χ0) is 12.5. The molecule has 0 bridgehead atoms. The van der Waals surface area contributed by atoms with Crippen LogP contribution in [0.5, 0.6) is 0 Å². The fraction of sp³-hybridized carbons (Fsp3) is 0.545. The molecule has 1 N–H and O–H groups in total. The molecule has 1 heterocycles. The van der Waals surface area contributed by atoms with Crippen molar-refractivity contribution < 1.29 is 4.79 Å². The van der Waals surface area contributed by atoms with E-state index in [1.807, 2.05) is 6.07 Å². The predicted octanol–water partition coefficient (Wildman–Crippen LogP) is 4.41. The van der Waals surface area contributed by atoms with E-state index in [2.05, 4.69) is 37.2 Å². The molecule has 1 aromatic heterocycles. The van der Waals surface area contributed by atoms with Crippen molar-refractivity contribution in [3.05, 3.63) is 19.2 Å². The minimum atomic E-state index is -0.0142. The lowest BCUT2D eigenvalue weighted by Crippen LogP contribution is -2.30. The summed E-state index contributed by atoms with van der Waals surface area (Å²) >= 11 is 14.0. The van der Waals surface area contributed by atoms with Crippen LogP contribution in [0.2, 0.25) is 0 Å². The molecule has 17 heavy (non-hydrogen) atoms. The highest BCUT2D eigenvalue weighted by atomic mass is 79.9. The maximum Gasteiger partial charge on any atom is 0.253 e. The second kappa shape index (κ2) is 5.59. The van der Waals surface area contributed by atoms with Crippen molar-refractivity contribution in [2.45, 2.75) is 19.3 Å². The Kier molecular flexibility index (Phi) is 4.55. The van der Waals surface area contributed by atoms with Gasteiger partial charge in [-0.15, -0.1) is 22.9 Å². The molecule has 1 aromatic rings. The molecule has 0 spiro atoms. The summed E-state index contributed by atoms with van der Waals surface area (Å²) in [4.78, 5) is 12.0. The molecule has 1 amide bonds. The van der Waals surface area contributed by atoms with Crippen LogP contribution in [-0.4, -0.2) is 18.3 Å². The molecule has 1 aliphatic carbocycles. The van der Waals surface area contributed by atoms with Crippen LogP contribution >= 0.6 is 54.8 Å². The van der Waals surface area contributed by atoms with Crippen LogP contribution in [0.1, 0.15) is 29.6 Å². The van der Waals surface area contributed by atoms with Crippen molar-refractivity contribution in [3.8, 4) is 0 Å². The van der Waals surface area contributed by atoms with Gasteiger partial charge in [0.05, 0.1) is 13.1 Å². The maximum absolute atomic E-state index is 12.0. The first kappa shape index (κ1) is 13.8. The number of rotatable bonds is 5. The first-order valence-corrected chi connectivity index (χ1v) is 8.29. The summed E-state index contributed by atoms with van der Waals surface area (Å²) in [5, 5.41) is 3.00. The van der Waals surface area contributed by atoms with Gasteiger partial charge >= 0.3 is 0 Å². The summed E-state index contributed by atoms with van der Waals surface area (Å²) < 4.78 is 1.82. The van der Waals surface area contributed by atoms with E-state index in [-0.39, 0.29) is 11.3 Å². The van der Waals surface area contributed by atoms with E-state index in [1.165, 1.54) is 24.2 Å². The second-order valence-electron chi connectivity index (χ2n) is 4.36. The van der Waals surface area contributed by atoms with Crippen molar-refractivity contribution in [1.29, 1.82) is 0 Å². The summed E-state index contributed by atoms with van der Waals surface area (Å²) in [6.07, 6.45) is 3.34. The smallest absolute Gasteiger partial charge is 0.253 e. The molecule has 0 unspecified atom stereocenters. The molecule has 0 atom stereocenters. The standard InChI is InChI=1S/C11H12Br2ClNOS/c12-8-5-7(9(13)17-8)10(16)15-6-11(1-2-11)3-4-14/h5H,1-4,6H2,(H,15,16). The van der Waals surface area contributed by atoms with Gasteiger partial charge in [-0.25, -0.2) is 0 Å². The summed E-state index contributed by atoms with van der Waals surface area (Å²) in [7, 11) is 0. The van der Waals surface area contributed by atoms with E-state index in [0.29, 0.717) is 11.4 Å². The largest absolute Gasteiger partial charge is 0.351 e. The van der Waals surface area contributed by atoms with Crippen LogP contribution in [0.25, 0.3) is 0 Å². The van der Waals surface area contributed by atoms with Gasteiger partial charge in [0.2, 0.25) is 0 Å². The Balaban J connectivity index is 1.92. The van der Waals surface area contributed by atoms with Crippen molar-refractivity contribution in [2.75, 3.05) is 12.4 Å². The molecule has 1 saturated carbocycles. The van der Waals surface area contributed by atoms with Gasteiger partial charge in [0.15, 0.2) is 0 Å². The van der Waals surface area contributed by atoms with Crippen LogP contribution < -0.4 is 5.32 Å². The van der Waals surface area contributed by atoms with Crippen LogP contribution in [0.4, 0.5) is 0 Å². The Hall–Kier alpha value is 0.420. The van der Waals surface area contributed by atoms with Gasteiger partial charge in [-0.2, -0.15) is 0 Å². The van der Waals surface area contributed by atoms with Crippen LogP contribution in [0.15, 0.2) is 13.6 Å². The van der Waals surface area contributed by atoms with Crippen molar-refractivity contribution >= 4 is 60.7 Å². The quantitative estimate of drug-likeness (QED) is 0.728. The van der Waals surface area contributed by atoms with Crippen LogP contribution in [-0.2, 0) is 0 Å². The van der Waals surface area contributed by atoms with Crippen molar-refractivity contribution in [2.24, 2.45) is 5.41 Å². The fourth-order valence-electron chi connectivity index (χ4n) is 1.75. The minimum absolute atomic E-state index is 0.0142. The van der Waals surface area contributed by atoms with Gasteiger partial charge in [-0.05, 0) is 62.6 Å². The Morgan fingerprint density at radius 3 is 2.71 bits per heavy atom.